The highest BCUT2D eigenvalue weighted by atomic mass is 32.2. The van der Waals surface area contributed by atoms with Crippen LogP contribution in [0.5, 0.6) is 0 Å². The van der Waals surface area contributed by atoms with E-state index >= 15 is 0 Å². The van der Waals surface area contributed by atoms with Gasteiger partial charge in [0.05, 0.1) is 16.4 Å². The fourth-order valence-corrected chi connectivity index (χ4v) is 2.81. The van der Waals surface area contributed by atoms with Crippen LogP contribution in [-0.2, 0) is 10.0 Å². The van der Waals surface area contributed by atoms with Gasteiger partial charge in [-0.05, 0) is 26.0 Å². The molecule has 96 valence electrons. The van der Waals surface area contributed by atoms with E-state index in [1.807, 2.05) is 0 Å². The third-order valence-corrected chi connectivity index (χ3v) is 4.79. The number of hydrogen-bond donors (Lipinski definition) is 1. The number of rotatable bonds is 2. The number of nitrogens with two attached hydrogens (primary N) is 1. The van der Waals surface area contributed by atoms with Gasteiger partial charge < -0.3 is 5.73 Å². The summed E-state index contributed by atoms with van der Waals surface area (Å²) in [6.07, 6.45) is 0. The topological polar surface area (TPSA) is 97.5 Å². The summed E-state index contributed by atoms with van der Waals surface area (Å²) in [7, 11) is -3.98. The van der Waals surface area contributed by atoms with Gasteiger partial charge in [-0.15, -0.1) is 0 Å². The van der Waals surface area contributed by atoms with Crippen molar-refractivity contribution in [3.05, 3.63) is 29.3 Å². The first-order chi connectivity index (χ1) is 8.28. The normalized spacial score (nSPS) is 15.4. The fourth-order valence-electron chi connectivity index (χ4n) is 1.73. The molecule has 0 aliphatic carbocycles. The molecule has 0 fully saturated rings. The maximum absolute atomic E-state index is 12.0. The van der Waals surface area contributed by atoms with E-state index in [1.54, 1.807) is 0 Å². The van der Waals surface area contributed by atoms with E-state index in [1.165, 1.54) is 32.0 Å². The van der Waals surface area contributed by atoms with Crippen molar-refractivity contribution in [2.75, 3.05) is 5.73 Å². The van der Waals surface area contributed by atoms with Gasteiger partial charge in [0.1, 0.15) is 0 Å². The quantitative estimate of drug-likeness (QED) is 0.625. The molecule has 1 aliphatic heterocycles. The number of anilines is 1. The zero-order valence-corrected chi connectivity index (χ0v) is 10.7. The molecule has 0 spiro atoms. The minimum atomic E-state index is -3.98. The van der Waals surface area contributed by atoms with Crippen LogP contribution in [0.1, 0.15) is 34.6 Å². The number of carbonyl (C=O) groups is 2. The molecule has 0 saturated carbocycles. The van der Waals surface area contributed by atoms with E-state index in [2.05, 4.69) is 0 Å². The maximum Gasteiger partial charge on any atom is 0.277 e. The van der Waals surface area contributed by atoms with Crippen LogP contribution in [0.2, 0.25) is 0 Å². The Morgan fingerprint density at radius 1 is 1.17 bits per heavy atom. The van der Waals surface area contributed by atoms with E-state index in [4.69, 9.17) is 5.73 Å². The lowest BCUT2D eigenvalue weighted by Crippen LogP contribution is -2.40. The first kappa shape index (κ1) is 12.6. The van der Waals surface area contributed by atoms with Crippen LogP contribution in [0.15, 0.2) is 18.2 Å². The fraction of sp³-hybridized carbons (Fsp3) is 0.273. The molecular weight excluding hydrogens is 256 g/mol. The third-order valence-electron chi connectivity index (χ3n) is 2.76. The summed E-state index contributed by atoms with van der Waals surface area (Å²) in [6, 6.07) is 4.35. The number of fused-ring (bicyclic) bond motifs is 1. The van der Waals surface area contributed by atoms with E-state index < -0.39 is 27.1 Å². The Hall–Kier alpha value is -1.89. The van der Waals surface area contributed by atoms with Crippen molar-refractivity contribution in [2.45, 2.75) is 19.1 Å². The van der Waals surface area contributed by atoms with Crippen LogP contribution in [0.25, 0.3) is 0 Å². The number of hydrogen-bond acceptors (Lipinski definition) is 5. The van der Waals surface area contributed by atoms with Gasteiger partial charge in [0.2, 0.25) is 10.0 Å². The SMILES string of the molecule is CC(C)S(=O)(=O)N1C(=O)c2cccc(N)c2C1=O. The Morgan fingerprint density at radius 3 is 2.28 bits per heavy atom. The summed E-state index contributed by atoms with van der Waals surface area (Å²) in [6.45, 7) is 2.81. The molecule has 1 heterocycles. The average molecular weight is 268 g/mol. The van der Waals surface area contributed by atoms with Crippen molar-refractivity contribution >= 4 is 27.5 Å². The molecule has 1 aromatic rings. The standard InChI is InChI=1S/C11H12N2O4S/c1-6(2)18(16,17)13-10(14)7-4-3-5-8(12)9(7)11(13)15/h3-6H,12H2,1-2H3. The molecule has 2 N–H and O–H groups in total. The molecule has 0 unspecified atom stereocenters. The Balaban J connectivity index is 2.64. The van der Waals surface area contributed by atoms with Crippen LogP contribution in [0.4, 0.5) is 5.69 Å². The predicted molar refractivity (Wildman–Crippen MR) is 65.4 cm³/mol. The molecular formula is C11H12N2O4S. The summed E-state index contributed by atoms with van der Waals surface area (Å²) in [5.74, 6) is -1.71. The van der Waals surface area contributed by atoms with Crippen LogP contribution in [0, 0.1) is 0 Å². The number of nitrogen functional groups attached to an aromatic ring is 1. The molecule has 0 bridgehead atoms. The van der Waals surface area contributed by atoms with Gasteiger partial charge in [-0.3, -0.25) is 9.59 Å². The first-order valence-electron chi connectivity index (χ1n) is 5.29. The highest BCUT2D eigenvalue weighted by Gasteiger charge is 2.45. The molecule has 18 heavy (non-hydrogen) atoms. The number of benzene rings is 1. The zero-order valence-electron chi connectivity index (χ0n) is 9.88. The van der Waals surface area contributed by atoms with E-state index in [9.17, 15) is 18.0 Å². The van der Waals surface area contributed by atoms with Crippen LogP contribution in [-0.4, -0.2) is 29.8 Å². The monoisotopic (exact) mass is 268 g/mol. The van der Waals surface area contributed by atoms with Crippen molar-refractivity contribution < 1.29 is 18.0 Å². The molecule has 2 amide bonds. The van der Waals surface area contributed by atoms with Crippen molar-refractivity contribution in [1.82, 2.24) is 4.31 Å². The van der Waals surface area contributed by atoms with Gasteiger partial charge >= 0.3 is 0 Å². The van der Waals surface area contributed by atoms with Crippen molar-refractivity contribution in [1.29, 1.82) is 0 Å². The van der Waals surface area contributed by atoms with E-state index in [-0.39, 0.29) is 16.8 Å². The van der Waals surface area contributed by atoms with Gasteiger partial charge in [0.15, 0.2) is 0 Å². The second-order valence-electron chi connectivity index (χ2n) is 4.24. The molecule has 2 rings (SSSR count). The molecule has 0 aromatic heterocycles. The Bertz CT molecular complexity index is 649. The second-order valence-corrected chi connectivity index (χ2v) is 6.58. The summed E-state index contributed by atoms with van der Waals surface area (Å²) in [5, 5.41) is -0.860. The molecule has 7 heteroatoms. The van der Waals surface area contributed by atoms with E-state index in [0.29, 0.717) is 4.31 Å². The second kappa shape index (κ2) is 3.81. The summed E-state index contributed by atoms with van der Waals surface area (Å²) in [4.78, 5) is 24.0. The predicted octanol–water partition coefficient (Wildman–Crippen LogP) is 0.603. The zero-order chi connectivity index (χ0) is 13.7. The van der Waals surface area contributed by atoms with Crippen LogP contribution in [0.3, 0.4) is 0 Å². The lowest BCUT2D eigenvalue weighted by Gasteiger charge is -2.16. The Kier molecular flexibility index (Phi) is 2.66. The Morgan fingerprint density at radius 2 is 1.78 bits per heavy atom. The van der Waals surface area contributed by atoms with Gasteiger partial charge in [-0.25, -0.2) is 8.42 Å². The van der Waals surface area contributed by atoms with Crippen molar-refractivity contribution in [3.8, 4) is 0 Å². The van der Waals surface area contributed by atoms with Gasteiger partial charge in [-0.2, -0.15) is 4.31 Å². The number of sulfonamides is 1. The summed E-state index contributed by atoms with van der Waals surface area (Å²) >= 11 is 0. The maximum atomic E-state index is 12.0. The van der Waals surface area contributed by atoms with Gasteiger partial charge in [-0.1, -0.05) is 6.07 Å². The average Bonchev–Trinajstić information content (AvgIpc) is 2.52. The first-order valence-corrected chi connectivity index (χ1v) is 6.80. The van der Waals surface area contributed by atoms with Gasteiger partial charge in [0, 0.05) is 5.69 Å². The summed E-state index contributed by atoms with van der Waals surface area (Å²) in [5.41, 5.74) is 5.71. The lowest BCUT2D eigenvalue weighted by atomic mass is 10.1. The van der Waals surface area contributed by atoms with Crippen LogP contribution < -0.4 is 5.73 Å². The van der Waals surface area contributed by atoms with E-state index in [0.717, 1.165) is 0 Å². The number of imide groups is 1. The minimum Gasteiger partial charge on any atom is -0.398 e. The van der Waals surface area contributed by atoms with Crippen LogP contribution >= 0.6 is 0 Å². The summed E-state index contributed by atoms with van der Waals surface area (Å²) < 4.78 is 24.3. The number of carbonyl (C=O) groups excluding carboxylic acids is 2. The van der Waals surface area contributed by atoms with Crippen molar-refractivity contribution in [2.24, 2.45) is 0 Å². The Labute approximate surface area is 104 Å². The number of amides is 2. The van der Waals surface area contributed by atoms with Gasteiger partial charge in [0.25, 0.3) is 11.8 Å². The molecule has 0 saturated heterocycles. The largest absolute Gasteiger partial charge is 0.398 e. The highest BCUT2D eigenvalue weighted by Crippen LogP contribution is 2.30. The molecule has 0 atom stereocenters. The molecule has 6 nitrogen and oxygen atoms in total. The smallest absolute Gasteiger partial charge is 0.277 e. The third kappa shape index (κ3) is 1.51. The highest BCUT2D eigenvalue weighted by molar-refractivity contribution is 7.90. The number of nitrogens with zero attached hydrogens (tertiary/aromatic N) is 1. The molecule has 1 aliphatic rings. The van der Waals surface area contributed by atoms with Crippen molar-refractivity contribution in [3.63, 3.8) is 0 Å². The molecule has 1 aromatic carbocycles. The molecule has 0 radical (unpaired) electrons. The minimum absolute atomic E-state index is 0.0317. The lowest BCUT2D eigenvalue weighted by molar-refractivity contribution is 0.0764.